The number of urea groups is 1. The van der Waals surface area contributed by atoms with E-state index in [9.17, 15) is 9.59 Å². The Balaban J connectivity index is 1.25. The topological polar surface area (TPSA) is 132 Å². The number of nitrogens with zero attached hydrogens (tertiary/aromatic N) is 2. The molecule has 2 aromatic carbocycles. The summed E-state index contributed by atoms with van der Waals surface area (Å²) in [4.78, 5) is 28.5. The molecule has 0 aliphatic heterocycles. The highest BCUT2D eigenvalue weighted by Gasteiger charge is 2.09. The SMILES string of the molecule is Cc1nc(COc2ccc(C(=O)Nc3ccc(NC(=O)NCc4ccco4)cc3)cc2)no1. The van der Waals surface area contributed by atoms with Crippen LogP contribution in [-0.2, 0) is 13.2 Å². The molecule has 3 N–H and O–H groups in total. The number of rotatable bonds is 8. The van der Waals surface area contributed by atoms with Crippen molar-refractivity contribution in [2.75, 3.05) is 10.6 Å². The summed E-state index contributed by atoms with van der Waals surface area (Å²) >= 11 is 0. The summed E-state index contributed by atoms with van der Waals surface area (Å²) in [5.74, 6) is 1.88. The van der Waals surface area contributed by atoms with E-state index in [1.165, 1.54) is 0 Å². The van der Waals surface area contributed by atoms with Crippen molar-refractivity contribution in [1.82, 2.24) is 15.5 Å². The van der Waals surface area contributed by atoms with Crippen LogP contribution in [0, 0.1) is 6.92 Å². The zero-order chi connectivity index (χ0) is 23.0. The van der Waals surface area contributed by atoms with Gasteiger partial charge in [-0.3, -0.25) is 4.79 Å². The van der Waals surface area contributed by atoms with Crippen LogP contribution in [-0.4, -0.2) is 22.1 Å². The molecule has 0 aliphatic carbocycles. The quantitative estimate of drug-likeness (QED) is 0.370. The highest BCUT2D eigenvalue weighted by molar-refractivity contribution is 6.04. The molecule has 10 nitrogen and oxygen atoms in total. The molecule has 33 heavy (non-hydrogen) atoms. The number of anilines is 2. The van der Waals surface area contributed by atoms with Gasteiger partial charge in [0.05, 0.1) is 12.8 Å². The van der Waals surface area contributed by atoms with Crippen LogP contribution in [0.1, 0.15) is 27.8 Å². The molecular formula is C23H21N5O5. The summed E-state index contributed by atoms with van der Waals surface area (Å²) in [7, 11) is 0. The largest absolute Gasteiger partial charge is 0.485 e. The van der Waals surface area contributed by atoms with Crippen LogP contribution in [0.2, 0.25) is 0 Å². The molecular weight excluding hydrogens is 426 g/mol. The first kappa shape index (κ1) is 21.6. The number of nitrogens with one attached hydrogen (secondary N) is 3. The van der Waals surface area contributed by atoms with Crippen molar-refractivity contribution in [2.24, 2.45) is 0 Å². The van der Waals surface area contributed by atoms with E-state index in [0.29, 0.717) is 40.2 Å². The van der Waals surface area contributed by atoms with Crippen molar-refractivity contribution in [1.29, 1.82) is 0 Å². The minimum absolute atomic E-state index is 0.171. The van der Waals surface area contributed by atoms with Crippen LogP contribution in [0.3, 0.4) is 0 Å². The Morgan fingerprint density at radius 3 is 2.33 bits per heavy atom. The van der Waals surface area contributed by atoms with Crippen LogP contribution in [0.25, 0.3) is 0 Å². The zero-order valence-corrected chi connectivity index (χ0v) is 17.7. The monoisotopic (exact) mass is 447 g/mol. The van der Waals surface area contributed by atoms with Crippen molar-refractivity contribution < 1.29 is 23.3 Å². The number of hydrogen-bond acceptors (Lipinski definition) is 7. The second-order valence-corrected chi connectivity index (χ2v) is 6.96. The summed E-state index contributed by atoms with van der Waals surface area (Å²) in [6.07, 6.45) is 1.54. The van der Waals surface area contributed by atoms with Gasteiger partial charge in [-0.1, -0.05) is 5.16 Å². The number of benzene rings is 2. The highest BCUT2D eigenvalue weighted by atomic mass is 16.5. The van der Waals surface area contributed by atoms with Crippen molar-refractivity contribution in [3.8, 4) is 5.75 Å². The van der Waals surface area contributed by atoms with E-state index in [4.69, 9.17) is 13.7 Å². The molecule has 0 aliphatic rings. The Morgan fingerprint density at radius 1 is 0.970 bits per heavy atom. The predicted molar refractivity (Wildman–Crippen MR) is 119 cm³/mol. The third kappa shape index (κ3) is 6.20. The van der Waals surface area contributed by atoms with E-state index in [0.717, 1.165) is 0 Å². The van der Waals surface area contributed by atoms with Crippen molar-refractivity contribution in [3.05, 3.63) is 90.0 Å². The molecule has 0 radical (unpaired) electrons. The Kier molecular flexibility index (Phi) is 6.64. The van der Waals surface area contributed by atoms with Crippen molar-refractivity contribution >= 4 is 23.3 Å². The highest BCUT2D eigenvalue weighted by Crippen LogP contribution is 2.17. The van der Waals surface area contributed by atoms with Gasteiger partial charge in [-0.05, 0) is 60.7 Å². The fourth-order valence-electron chi connectivity index (χ4n) is 2.85. The number of amides is 3. The number of ether oxygens (including phenoxy) is 1. The molecule has 0 atom stereocenters. The maximum atomic E-state index is 12.5. The molecule has 168 valence electrons. The first-order chi connectivity index (χ1) is 16.0. The second-order valence-electron chi connectivity index (χ2n) is 6.96. The zero-order valence-electron chi connectivity index (χ0n) is 17.7. The minimum atomic E-state index is -0.361. The number of aromatic nitrogens is 2. The van der Waals surface area contributed by atoms with Crippen LogP contribution in [0.4, 0.5) is 16.2 Å². The lowest BCUT2D eigenvalue weighted by Crippen LogP contribution is -2.27. The van der Waals surface area contributed by atoms with Gasteiger partial charge in [0.2, 0.25) is 11.7 Å². The van der Waals surface area contributed by atoms with E-state index in [2.05, 4.69) is 26.1 Å². The van der Waals surface area contributed by atoms with Gasteiger partial charge in [-0.15, -0.1) is 0 Å². The van der Waals surface area contributed by atoms with Gasteiger partial charge in [-0.25, -0.2) is 4.79 Å². The predicted octanol–water partition coefficient (Wildman–Crippen LogP) is 4.12. The van der Waals surface area contributed by atoms with Gasteiger partial charge in [0, 0.05) is 23.9 Å². The first-order valence-electron chi connectivity index (χ1n) is 10.1. The van der Waals surface area contributed by atoms with E-state index in [1.54, 1.807) is 73.9 Å². The number of hydrogen-bond donors (Lipinski definition) is 3. The maximum Gasteiger partial charge on any atom is 0.319 e. The lowest BCUT2D eigenvalue weighted by atomic mass is 10.2. The summed E-state index contributed by atoms with van der Waals surface area (Å²) < 4.78 is 15.6. The van der Waals surface area contributed by atoms with E-state index < -0.39 is 0 Å². The van der Waals surface area contributed by atoms with Crippen molar-refractivity contribution in [2.45, 2.75) is 20.1 Å². The van der Waals surface area contributed by atoms with Gasteiger partial charge in [0.25, 0.3) is 5.91 Å². The van der Waals surface area contributed by atoms with E-state index in [1.807, 2.05) is 0 Å². The molecule has 4 aromatic rings. The van der Waals surface area contributed by atoms with Gasteiger partial charge in [0.15, 0.2) is 6.61 Å². The molecule has 0 saturated carbocycles. The summed E-state index contributed by atoms with van der Waals surface area (Å²) in [6, 6.07) is 16.6. The third-order valence-electron chi connectivity index (χ3n) is 4.46. The van der Waals surface area contributed by atoms with Crippen molar-refractivity contribution in [3.63, 3.8) is 0 Å². The molecule has 0 bridgehead atoms. The molecule has 4 rings (SSSR count). The lowest BCUT2D eigenvalue weighted by molar-refractivity contribution is 0.102. The number of furan rings is 1. The smallest absolute Gasteiger partial charge is 0.319 e. The first-order valence-corrected chi connectivity index (χ1v) is 10.1. The fourth-order valence-corrected chi connectivity index (χ4v) is 2.85. The molecule has 0 fully saturated rings. The molecule has 2 aromatic heterocycles. The van der Waals surface area contributed by atoms with Crippen LogP contribution in [0.5, 0.6) is 5.75 Å². The molecule has 2 heterocycles. The molecule has 0 saturated heterocycles. The number of carbonyl (C=O) groups excluding carboxylic acids is 2. The molecule has 0 unspecified atom stereocenters. The Hall–Kier alpha value is -4.60. The van der Waals surface area contributed by atoms with E-state index >= 15 is 0 Å². The summed E-state index contributed by atoms with van der Waals surface area (Å²) in [6.45, 7) is 2.16. The average Bonchev–Trinajstić information content (AvgIpc) is 3.49. The Bertz CT molecular complexity index is 1200. The van der Waals surface area contributed by atoms with Gasteiger partial charge in [-0.2, -0.15) is 4.98 Å². The molecule has 0 spiro atoms. The van der Waals surface area contributed by atoms with Crippen LogP contribution < -0.4 is 20.7 Å². The average molecular weight is 447 g/mol. The second kappa shape index (κ2) is 10.1. The van der Waals surface area contributed by atoms with Gasteiger partial charge in [0.1, 0.15) is 11.5 Å². The standard InChI is InChI=1S/C23H21N5O5/c1-15-25-21(28-33-15)14-32-19-10-4-16(5-11-19)22(29)26-17-6-8-18(9-7-17)27-23(30)24-13-20-3-2-12-31-20/h2-12H,13-14H2,1H3,(H,26,29)(H2,24,27,30). The minimum Gasteiger partial charge on any atom is -0.485 e. The fraction of sp³-hybridized carbons (Fsp3) is 0.130. The number of aryl methyl sites for hydroxylation is 1. The molecule has 3 amide bonds. The maximum absolute atomic E-state index is 12.5. The number of carbonyl (C=O) groups is 2. The Labute approximate surface area is 188 Å². The normalized spacial score (nSPS) is 10.5. The van der Waals surface area contributed by atoms with Crippen LogP contribution in [0.15, 0.2) is 75.9 Å². The van der Waals surface area contributed by atoms with Gasteiger partial charge < -0.3 is 29.6 Å². The lowest BCUT2D eigenvalue weighted by Gasteiger charge is -2.09. The van der Waals surface area contributed by atoms with Gasteiger partial charge >= 0.3 is 6.03 Å². The summed E-state index contributed by atoms with van der Waals surface area (Å²) in [5, 5.41) is 12.0. The molecule has 10 heteroatoms. The van der Waals surface area contributed by atoms with E-state index in [-0.39, 0.29) is 25.1 Å². The summed E-state index contributed by atoms with van der Waals surface area (Å²) in [5.41, 5.74) is 1.65. The third-order valence-corrected chi connectivity index (χ3v) is 4.46. The Morgan fingerprint density at radius 2 is 1.70 bits per heavy atom. The van der Waals surface area contributed by atoms with Crippen LogP contribution >= 0.6 is 0 Å².